The molecular formula is C20H17Cl2N5O3S. The number of rotatable bonds is 5. The number of aliphatic imine (C=N–C) groups is 1. The predicted octanol–water partition coefficient (Wildman–Crippen LogP) is 4.29. The Kier molecular flexibility index (Phi) is 7.11. The summed E-state index contributed by atoms with van der Waals surface area (Å²) in [5.74, 6) is -0.158. The van der Waals surface area contributed by atoms with Crippen molar-refractivity contribution in [1.82, 2.24) is 10.3 Å². The van der Waals surface area contributed by atoms with Crippen molar-refractivity contribution in [3.8, 4) is 0 Å². The van der Waals surface area contributed by atoms with E-state index < -0.39 is 15.9 Å². The molecule has 0 bridgehead atoms. The zero-order chi connectivity index (χ0) is 22.4. The second-order valence-electron chi connectivity index (χ2n) is 6.32. The Bertz CT molecular complexity index is 1250. The number of carbonyl (C=O) groups excluding carboxylic acids is 1. The molecule has 3 aromatic rings. The lowest BCUT2D eigenvalue weighted by Crippen LogP contribution is -2.35. The molecule has 0 fully saturated rings. The molecule has 0 atom stereocenters. The maximum atomic E-state index is 12.7. The van der Waals surface area contributed by atoms with E-state index >= 15 is 0 Å². The third-order valence-electron chi connectivity index (χ3n) is 3.66. The van der Waals surface area contributed by atoms with Crippen LogP contribution in [0.3, 0.4) is 0 Å². The quantitative estimate of drug-likeness (QED) is 0.374. The largest absolute Gasteiger partial charge is 0.326 e. The number of guanidine groups is 1. The first-order valence-corrected chi connectivity index (χ1v) is 11.5. The van der Waals surface area contributed by atoms with Crippen molar-refractivity contribution in [2.24, 2.45) is 4.99 Å². The van der Waals surface area contributed by atoms with Gasteiger partial charge in [-0.25, -0.2) is 13.4 Å². The van der Waals surface area contributed by atoms with Crippen molar-refractivity contribution in [2.45, 2.75) is 0 Å². The first-order valence-electron chi connectivity index (χ1n) is 8.81. The molecule has 8 nitrogen and oxygen atoms in total. The molecule has 31 heavy (non-hydrogen) atoms. The number of sulfonamides is 1. The number of hydrogen-bond donors (Lipinski definition) is 3. The van der Waals surface area contributed by atoms with Crippen LogP contribution in [0.2, 0.25) is 10.0 Å². The van der Waals surface area contributed by atoms with Crippen molar-refractivity contribution >= 4 is 62.4 Å². The number of carbonyl (C=O) groups is 1. The highest BCUT2D eigenvalue weighted by atomic mass is 35.5. The standard InChI is InChI=1S/C20H17Cl2N5O3S/c1-31(29,30)27-18-10-4-9-17(24-18)25-20(23-16-8-3-7-15(22)12-16)26-19(28)13-5-2-6-14(21)11-13/h2-12H,1H3,(H3,23,24,25,26,27,28). The molecule has 160 valence electrons. The van der Waals surface area contributed by atoms with Gasteiger partial charge < -0.3 is 5.32 Å². The fourth-order valence-electron chi connectivity index (χ4n) is 2.45. The zero-order valence-corrected chi connectivity index (χ0v) is 18.5. The van der Waals surface area contributed by atoms with Crippen LogP contribution in [0.4, 0.5) is 17.3 Å². The Labute approximate surface area is 189 Å². The van der Waals surface area contributed by atoms with Crippen LogP contribution in [0.15, 0.2) is 71.7 Å². The Morgan fingerprint density at radius 3 is 2.32 bits per heavy atom. The van der Waals surface area contributed by atoms with Crippen LogP contribution in [-0.2, 0) is 10.0 Å². The zero-order valence-electron chi connectivity index (χ0n) is 16.1. The third kappa shape index (κ3) is 7.25. The molecule has 0 aliphatic rings. The van der Waals surface area contributed by atoms with Crippen LogP contribution >= 0.6 is 23.2 Å². The lowest BCUT2D eigenvalue weighted by atomic mass is 10.2. The second-order valence-corrected chi connectivity index (χ2v) is 8.94. The van der Waals surface area contributed by atoms with Crippen LogP contribution in [0.5, 0.6) is 0 Å². The van der Waals surface area contributed by atoms with E-state index in [1.165, 1.54) is 12.1 Å². The highest BCUT2D eigenvalue weighted by molar-refractivity contribution is 7.92. The Balaban J connectivity index is 1.93. The SMILES string of the molecule is CS(=O)(=O)Nc1cccc(/N=C(/NC(=O)c2cccc(Cl)c2)Nc2cccc(Cl)c2)n1. The topological polar surface area (TPSA) is 113 Å². The predicted molar refractivity (Wildman–Crippen MR) is 124 cm³/mol. The lowest BCUT2D eigenvalue weighted by Gasteiger charge is -2.12. The molecule has 0 unspecified atom stereocenters. The maximum Gasteiger partial charge on any atom is 0.258 e. The molecule has 1 heterocycles. The van der Waals surface area contributed by atoms with Gasteiger partial charge in [0.2, 0.25) is 16.0 Å². The van der Waals surface area contributed by atoms with Gasteiger partial charge in [-0.15, -0.1) is 0 Å². The van der Waals surface area contributed by atoms with E-state index in [0.29, 0.717) is 21.3 Å². The summed E-state index contributed by atoms with van der Waals surface area (Å²) < 4.78 is 25.2. The van der Waals surface area contributed by atoms with Crippen molar-refractivity contribution < 1.29 is 13.2 Å². The van der Waals surface area contributed by atoms with E-state index in [0.717, 1.165) is 6.26 Å². The molecular weight excluding hydrogens is 461 g/mol. The third-order valence-corrected chi connectivity index (χ3v) is 4.71. The Hall–Kier alpha value is -3.14. The summed E-state index contributed by atoms with van der Waals surface area (Å²) in [7, 11) is -3.51. The number of nitrogens with zero attached hydrogens (tertiary/aromatic N) is 2. The molecule has 0 radical (unpaired) electrons. The summed E-state index contributed by atoms with van der Waals surface area (Å²) in [5, 5.41) is 6.54. The molecule has 3 N–H and O–H groups in total. The van der Waals surface area contributed by atoms with E-state index in [-0.39, 0.29) is 17.6 Å². The first kappa shape index (κ1) is 22.5. The first-order chi connectivity index (χ1) is 14.7. The van der Waals surface area contributed by atoms with Gasteiger partial charge >= 0.3 is 0 Å². The maximum absolute atomic E-state index is 12.7. The summed E-state index contributed by atoms with van der Waals surface area (Å²) in [6.45, 7) is 0. The minimum Gasteiger partial charge on any atom is -0.326 e. The number of halogens is 2. The number of benzene rings is 2. The van der Waals surface area contributed by atoms with Gasteiger partial charge in [-0.2, -0.15) is 4.99 Å². The smallest absolute Gasteiger partial charge is 0.258 e. The van der Waals surface area contributed by atoms with Crippen molar-refractivity contribution in [3.05, 3.63) is 82.3 Å². The van der Waals surface area contributed by atoms with E-state index in [2.05, 4.69) is 25.3 Å². The number of pyridine rings is 1. The van der Waals surface area contributed by atoms with Crippen molar-refractivity contribution in [1.29, 1.82) is 0 Å². The molecule has 1 amide bonds. The number of nitrogens with one attached hydrogen (secondary N) is 3. The van der Waals surface area contributed by atoms with E-state index in [1.807, 2.05) is 0 Å². The molecule has 1 aromatic heterocycles. The van der Waals surface area contributed by atoms with E-state index in [9.17, 15) is 13.2 Å². The minimum atomic E-state index is -3.51. The summed E-state index contributed by atoms with van der Waals surface area (Å²) in [6.07, 6.45) is 1.02. The van der Waals surface area contributed by atoms with Crippen molar-refractivity contribution in [2.75, 3.05) is 16.3 Å². The molecule has 0 aliphatic heterocycles. The molecule has 0 saturated heterocycles. The number of amides is 1. The molecule has 0 saturated carbocycles. The van der Waals surface area contributed by atoms with Gasteiger partial charge in [0.05, 0.1) is 6.26 Å². The normalized spacial score (nSPS) is 11.6. The van der Waals surface area contributed by atoms with E-state index in [4.69, 9.17) is 23.2 Å². The summed E-state index contributed by atoms with van der Waals surface area (Å²) in [5.41, 5.74) is 0.900. The Morgan fingerprint density at radius 2 is 1.65 bits per heavy atom. The van der Waals surface area contributed by atoms with Gasteiger partial charge in [0, 0.05) is 21.3 Å². The van der Waals surface area contributed by atoms with E-state index in [1.54, 1.807) is 54.6 Å². The van der Waals surface area contributed by atoms with Gasteiger partial charge in [0.1, 0.15) is 5.82 Å². The second kappa shape index (κ2) is 9.78. The van der Waals surface area contributed by atoms with Crippen LogP contribution < -0.4 is 15.4 Å². The number of anilines is 2. The molecule has 11 heteroatoms. The van der Waals surface area contributed by atoms with Gasteiger partial charge in [-0.3, -0.25) is 14.8 Å². The van der Waals surface area contributed by atoms with Crippen molar-refractivity contribution in [3.63, 3.8) is 0 Å². The number of hydrogen-bond acceptors (Lipinski definition) is 5. The highest BCUT2D eigenvalue weighted by Gasteiger charge is 2.11. The van der Waals surface area contributed by atoms with Crippen LogP contribution in [0.1, 0.15) is 10.4 Å². The Morgan fingerprint density at radius 1 is 0.968 bits per heavy atom. The average Bonchev–Trinajstić information content (AvgIpc) is 2.67. The van der Waals surface area contributed by atoms with Gasteiger partial charge in [-0.05, 0) is 48.5 Å². The molecule has 3 rings (SSSR count). The molecule has 0 spiro atoms. The van der Waals surface area contributed by atoms with Crippen LogP contribution in [-0.4, -0.2) is 31.5 Å². The average molecular weight is 478 g/mol. The van der Waals surface area contributed by atoms with Gasteiger partial charge in [0.25, 0.3) is 5.91 Å². The summed E-state index contributed by atoms with van der Waals surface area (Å²) >= 11 is 12.0. The number of aromatic nitrogens is 1. The molecule has 0 aliphatic carbocycles. The summed E-state index contributed by atoms with van der Waals surface area (Å²) in [4.78, 5) is 21.1. The summed E-state index contributed by atoms with van der Waals surface area (Å²) in [6, 6.07) is 17.9. The van der Waals surface area contributed by atoms with Crippen LogP contribution in [0, 0.1) is 0 Å². The van der Waals surface area contributed by atoms with Crippen LogP contribution in [0.25, 0.3) is 0 Å². The van der Waals surface area contributed by atoms with Gasteiger partial charge in [-0.1, -0.05) is 41.4 Å². The lowest BCUT2D eigenvalue weighted by molar-refractivity contribution is 0.0977. The van der Waals surface area contributed by atoms with Gasteiger partial charge in [0.15, 0.2) is 5.82 Å². The fraction of sp³-hybridized carbons (Fsp3) is 0.0500. The monoisotopic (exact) mass is 477 g/mol. The molecule has 2 aromatic carbocycles. The highest BCUT2D eigenvalue weighted by Crippen LogP contribution is 2.17. The minimum absolute atomic E-state index is 0.0521. The fourth-order valence-corrected chi connectivity index (χ4v) is 3.32.